The van der Waals surface area contributed by atoms with E-state index in [1.165, 1.54) is 27.9 Å². The number of carbonyl (C=O) groups is 3. The van der Waals surface area contributed by atoms with E-state index < -0.39 is 59.4 Å². The first kappa shape index (κ1) is 24.5. The summed E-state index contributed by atoms with van der Waals surface area (Å²) in [5.74, 6) is -4.94. The van der Waals surface area contributed by atoms with E-state index in [-0.39, 0.29) is 13.0 Å². The molecule has 30 heavy (non-hydrogen) atoms. The van der Waals surface area contributed by atoms with Crippen LogP contribution in [0.25, 0.3) is 0 Å². The van der Waals surface area contributed by atoms with E-state index in [0.29, 0.717) is 0 Å². The van der Waals surface area contributed by atoms with E-state index in [1.54, 1.807) is 13.8 Å². The number of esters is 2. The molecule has 2 fully saturated rings. The summed E-state index contributed by atoms with van der Waals surface area (Å²) in [6.07, 6.45) is -3.52. The number of carbonyl (C=O) groups excluding carboxylic acids is 3. The fraction of sp³-hybridized carbons (Fsp3) is 0.842. The molecule has 2 rings (SSSR count). The Morgan fingerprint density at radius 3 is 2.20 bits per heavy atom. The molecule has 0 aromatic rings. The quantitative estimate of drug-likeness (QED) is 0.533. The lowest BCUT2D eigenvalue weighted by Crippen LogP contribution is -2.72. The van der Waals surface area contributed by atoms with Gasteiger partial charge < -0.3 is 38.8 Å². The van der Waals surface area contributed by atoms with Crippen LogP contribution in [0.4, 0.5) is 0 Å². The second-order valence-corrected chi connectivity index (χ2v) is 8.18. The first-order chi connectivity index (χ1) is 13.8. The Kier molecular flexibility index (Phi) is 7.14. The molecule has 2 N–H and O–H groups in total. The van der Waals surface area contributed by atoms with Crippen molar-refractivity contribution in [2.45, 2.75) is 82.6 Å². The molecule has 11 heteroatoms. The number of hydrogen-bond donors (Lipinski definition) is 2. The van der Waals surface area contributed by atoms with Crippen LogP contribution in [0.1, 0.15) is 41.0 Å². The summed E-state index contributed by atoms with van der Waals surface area (Å²) in [7, 11) is 2.37. The molecule has 11 nitrogen and oxygen atoms in total. The van der Waals surface area contributed by atoms with Crippen LogP contribution in [-0.4, -0.2) is 85.3 Å². The highest BCUT2D eigenvalue weighted by molar-refractivity contribution is 5.78. The minimum atomic E-state index is -1.99. The number of methoxy groups -OCH3 is 2. The Hall–Kier alpha value is -1.79. The van der Waals surface area contributed by atoms with Gasteiger partial charge >= 0.3 is 11.9 Å². The van der Waals surface area contributed by atoms with Crippen molar-refractivity contribution in [3.8, 4) is 0 Å². The Labute approximate surface area is 175 Å². The smallest absolute Gasteiger partial charge is 0.366 e. The zero-order chi connectivity index (χ0) is 22.9. The van der Waals surface area contributed by atoms with Gasteiger partial charge in [-0.15, -0.1) is 0 Å². The first-order valence-corrected chi connectivity index (χ1v) is 9.57. The summed E-state index contributed by atoms with van der Waals surface area (Å²) in [6.45, 7) is 7.32. The van der Waals surface area contributed by atoms with Crippen LogP contribution in [0.3, 0.4) is 0 Å². The first-order valence-electron chi connectivity index (χ1n) is 9.57. The van der Waals surface area contributed by atoms with Crippen LogP contribution in [0.2, 0.25) is 0 Å². The standard InChI is InChI=1S/C19H31NO10/c1-10(21)20-15-14(13(28-11(2)22)12-8-27-17(3,4)29-12)30-19(26-7,16(23)25-6)9-18(15,5)24/h12-15,24H,8-9H2,1-7H3,(H,20,21)/t12-,13-,14+,15+,18+,19+/m1/s1. The fourth-order valence-electron chi connectivity index (χ4n) is 3.88. The van der Waals surface area contributed by atoms with Crippen molar-refractivity contribution in [1.82, 2.24) is 5.32 Å². The zero-order valence-electron chi connectivity index (χ0n) is 18.3. The summed E-state index contributed by atoms with van der Waals surface area (Å²) < 4.78 is 33.0. The monoisotopic (exact) mass is 433 g/mol. The average Bonchev–Trinajstić information content (AvgIpc) is 2.99. The van der Waals surface area contributed by atoms with Gasteiger partial charge in [0.25, 0.3) is 5.79 Å². The second kappa shape index (κ2) is 8.75. The normalized spacial score (nSPS) is 36.6. The molecule has 2 aliphatic rings. The summed E-state index contributed by atoms with van der Waals surface area (Å²) in [5, 5.41) is 13.8. The number of ether oxygens (including phenoxy) is 6. The van der Waals surface area contributed by atoms with Crippen LogP contribution in [-0.2, 0) is 42.8 Å². The van der Waals surface area contributed by atoms with E-state index in [1.807, 2.05) is 0 Å². The highest BCUT2D eigenvalue weighted by atomic mass is 16.8. The van der Waals surface area contributed by atoms with Gasteiger partial charge in [0.2, 0.25) is 5.91 Å². The minimum Gasteiger partial charge on any atom is -0.465 e. The molecule has 172 valence electrons. The topological polar surface area (TPSA) is 139 Å². The van der Waals surface area contributed by atoms with Crippen molar-refractivity contribution in [3.63, 3.8) is 0 Å². The van der Waals surface area contributed by atoms with E-state index in [0.717, 1.165) is 7.11 Å². The SMILES string of the molecule is COC(=O)[C@]1(OC)C[C@](C)(O)[C@@H](NC(C)=O)[C@H]([C@H](OC(C)=O)[C@H]2COC(C)(C)O2)O1. The number of rotatable bonds is 6. The van der Waals surface area contributed by atoms with Crippen molar-refractivity contribution < 1.29 is 47.9 Å². The summed E-state index contributed by atoms with van der Waals surface area (Å²) in [4.78, 5) is 36.3. The van der Waals surface area contributed by atoms with Gasteiger partial charge in [-0.3, -0.25) is 9.59 Å². The molecule has 0 aromatic heterocycles. The predicted octanol–water partition coefficient (Wildman–Crippen LogP) is -0.370. The lowest BCUT2D eigenvalue weighted by atomic mass is 9.79. The molecule has 0 aromatic carbocycles. The van der Waals surface area contributed by atoms with Gasteiger partial charge in [-0.25, -0.2) is 4.79 Å². The molecule has 6 atom stereocenters. The van der Waals surface area contributed by atoms with E-state index >= 15 is 0 Å². The van der Waals surface area contributed by atoms with Crippen LogP contribution >= 0.6 is 0 Å². The number of amides is 1. The van der Waals surface area contributed by atoms with E-state index in [9.17, 15) is 19.5 Å². The molecule has 0 aliphatic carbocycles. The largest absolute Gasteiger partial charge is 0.465 e. The second-order valence-electron chi connectivity index (χ2n) is 8.18. The van der Waals surface area contributed by atoms with E-state index in [2.05, 4.69) is 5.32 Å². The summed E-state index contributed by atoms with van der Waals surface area (Å²) in [6, 6.07) is -1.07. The molecular weight excluding hydrogens is 402 g/mol. The lowest BCUT2D eigenvalue weighted by molar-refractivity contribution is -0.320. The van der Waals surface area contributed by atoms with Crippen LogP contribution in [0, 0.1) is 0 Å². The zero-order valence-corrected chi connectivity index (χ0v) is 18.3. The summed E-state index contributed by atoms with van der Waals surface area (Å²) >= 11 is 0. The third-order valence-corrected chi connectivity index (χ3v) is 5.12. The minimum absolute atomic E-state index is 0.0535. The molecule has 0 unspecified atom stereocenters. The van der Waals surface area contributed by atoms with Crippen LogP contribution < -0.4 is 5.32 Å². The predicted molar refractivity (Wildman–Crippen MR) is 99.9 cm³/mol. The molecule has 0 saturated carbocycles. The van der Waals surface area contributed by atoms with Gasteiger partial charge in [-0.2, -0.15) is 0 Å². The molecule has 2 aliphatic heterocycles. The molecule has 2 heterocycles. The molecule has 1 amide bonds. The third-order valence-electron chi connectivity index (χ3n) is 5.12. The molecular formula is C19H31NO10. The van der Waals surface area contributed by atoms with Crippen molar-refractivity contribution >= 4 is 17.8 Å². The third kappa shape index (κ3) is 5.09. The maximum Gasteiger partial charge on any atom is 0.366 e. The van der Waals surface area contributed by atoms with Gasteiger partial charge in [-0.1, -0.05) is 0 Å². The van der Waals surface area contributed by atoms with Crippen molar-refractivity contribution in [2.75, 3.05) is 20.8 Å². The molecule has 0 spiro atoms. The molecule has 0 bridgehead atoms. The molecule has 0 radical (unpaired) electrons. The summed E-state index contributed by atoms with van der Waals surface area (Å²) in [5.41, 5.74) is -1.70. The van der Waals surface area contributed by atoms with Gasteiger partial charge in [0.05, 0.1) is 25.4 Å². The van der Waals surface area contributed by atoms with Gasteiger partial charge in [0, 0.05) is 27.4 Å². The van der Waals surface area contributed by atoms with Crippen LogP contribution in [0.5, 0.6) is 0 Å². The van der Waals surface area contributed by atoms with Crippen molar-refractivity contribution in [1.29, 1.82) is 0 Å². The van der Waals surface area contributed by atoms with Gasteiger partial charge in [0.15, 0.2) is 11.9 Å². The highest BCUT2D eigenvalue weighted by Crippen LogP contribution is 2.41. The maximum absolute atomic E-state index is 12.5. The maximum atomic E-state index is 12.5. The Balaban J connectivity index is 2.54. The number of aliphatic hydroxyl groups is 1. The van der Waals surface area contributed by atoms with Crippen LogP contribution in [0.15, 0.2) is 0 Å². The van der Waals surface area contributed by atoms with E-state index in [4.69, 9.17) is 28.4 Å². The Morgan fingerprint density at radius 1 is 1.13 bits per heavy atom. The fourth-order valence-corrected chi connectivity index (χ4v) is 3.88. The average molecular weight is 433 g/mol. The molecule has 2 saturated heterocycles. The number of hydrogen-bond acceptors (Lipinski definition) is 10. The lowest BCUT2D eigenvalue weighted by Gasteiger charge is -2.51. The number of nitrogens with one attached hydrogen (secondary N) is 1. The van der Waals surface area contributed by atoms with Gasteiger partial charge in [0.1, 0.15) is 12.2 Å². The van der Waals surface area contributed by atoms with Crippen molar-refractivity contribution in [3.05, 3.63) is 0 Å². The Morgan fingerprint density at radius 2 is 1.77 bits per heavy atom. The van der Waals surface area contributed by atoms with Gasteiger partial charge in [-0.05, 0) is 20.8 Å². The Bertz CT molecular complexity index is 678. The van der Waals surface area contributed by atoms with Crippen molar-refractivity contribution in [2.24, 2.45) is 0 Å². The highest BCUT2D eigenvalue weighted by Gasteiger charge is 2.61.